The second kappa shape index (κ2) is 18.9. The number of aliphatic carboxylic acids is 6. The Bertz CT molecular complexity index is 2170. The molecule has 14 unspecified atom stereocenters. The van der Waals surface area contributed by atoms with Gasteiger partial charge in [0.05, 0.1) is 47.3 Å². The molecule has 0 radical (unpaired) electrons. The van der Waals surface area contributed by atoms with Crippen molar-refractivity contribution in [2.24, 2.45) is 94.7 Å². The van der Waals surface area contributed by atoms with Crippen molar-refractivity contribution in [1.29, 1.82) is 0 Å². The molecule has 8 aliphatic rings. The summed E-state index contributed by atoms with van der Waals surface area (Å²) in [5.74, 6) is -19.5. The molecule has 408 valence electrons. The predicted molar refractivity (Wildman–Crippen MR) is 274 cm³/mol. The zero-order valence-electron chi connectivity index (χ0n) is 44.2. The van der Waals surface area contributed by atoms with E-state index in [2.05, 4.69) is 0 Å². The molecule has 0 spiro atoms. The number of esters is 2. The third-order valence-corrected chi connectivity index (χ3v) is 46.2. The van der Waals surface area contributed by atoms with Crippen LogP contribution in [0, 0.1) is 94.7 Å². The maximum absolute atomic E-state index is 14.1. The van der Waals surface area contributed by atoms with Crippen molar-refractivity contribution in [2.45, 2.75) is 152 Å². The number of ether oxygens (including phenoxy) is 1. The summed E-state index contributed by atoms with van der Waals surface area (Å²) in [5.41, 5.74) is -0.456. The Hall–Kier alpha value is -2.90. The molecule has 0 aromatic rings. The minimum Gasteiger partial charge on any atom is -0.481 e. The number of carbonyl (C=O) groups is 8. The van der Waals surface area contributed by atoms with Gasteiger partial charge in [-0.2, -0.15) is 0 Å². The monoisotopic (exact) mass is 1130 g/mol. The second-order valence-corrected chi connectivity index (χ2v) is 51.3. The minimum atomic E-state index is -2.97. The van der Waals surface area contributed by atoms with Crippen molar-refractivity contribution < 1.29 is 90.2 Å². The smallest absolute Gasteiger partial charge is 0.317 e. The van der Waals surface area contributed by atoms with E-state index in [0.29, 0.717) is 51.4 Å². The molecule has 8 saturated carbocycles. The summed E-state index contributed by atoms with van der Waals surface area (Å²) in [6, 6.07) is 0. The SMILES string of the molecule is C[Si](C)(O[Si](C)(C)C1CC2CC1C(C(=O)O)C2C(=O)O)O[Si](C)(C)C1C[C@H]2C[C@@H]1[C@@H](C(=O)O)C2C(=O)OC(=O)C1[C@H]2CC([Si](C)(C)O[Si](C)(C)O[Si](C)(C)C3CC4CC3C(C(=O)O)C4C(=O)O)[C@H](C2)[C@H]1C(=O)O. The van der Waals surface area contributed by atoms with Crippen LogP contribution >= 0.6 is 0 Å². The lowest BCUT2D eigenvalue weighted by molar-refractivity contribution is -0.175. The van der Waals surface area contributed by atoms with E-state index in [1.54, 1.807) is 0 Å². The molecule has 8 rings (SSSR count). The Balaban J connectivity index is 0.887. The molecule has 0 heterocycles. The van der Waals surface area contributed by atoms with Crippen molar-refractivity contribution in [2.75, 3.05) is 0 Å². The summed E-state index contributed by atoms with van der Waals surface area (Å²) in [6.07, 6.45) is 4.10. The van der Waals surface area contributed by atoms with Crippen LogP contribution in [0.15, 0.2) is 0 Å². The van der Waals surface area contributed by atoms with E-state index >= 15 is 0 Å². The topological polar surface area (TPSA) is 304 Å². The Morgan fingerprint density at radius 1 is 0.301 bits per heavy atom. The first-order valence-corrected chi connectivity index (χ1v) is 43.9. The van der Waals surface area contributed by atoms with E-state index in [-0.39, 0.29) is 45.8 Å². The molecule has 73 heavy (non-hydrogen) atoms. The van der Waals surface area contributed by atoms with E-state index in [4.69, 9.17) is 21.2 Å². The highest BCUT2D eigenvalue weighted by Gasteiger charge is 2.68. The van der Waals surface area contributed by atoms with Crippen molar-refractivity contribution in [3.05, 3.63) is 0 Å². The normalized spacial score (nSPS) is 39.8. The highest BCUT2D eigenvalue weighted by Crippen LogP contribution is 2.66. The number of rotatable bonds is 20. The van der Waals surface area contributed by atoms with Crippen molar-refractivity contribution in [3.63, 3.8) is 0 Å². The Morgan fingerprint density at radius 3 is 0.699 bits per heavy atom. The van der Waals surface area contributed by atoms with Gasteiger partial charge in [-0.3, -0.25) is 38.4 Å². The average Bonchev–Trinajstić information content (AvgIpc) is 4.09. The third-order valence-electron chi connectivity index (χ3n) is 20.1. The summed E-state index contributed by atoms with van der Waals surface area (Å²) < 4.78 is 33.7. The fourth-order valence-electron chi connectivity index (χ4n) is 18.5. The molecule has 0 aromatic carbocycles. The van der Waals surface area contributed by atoms with Gasteiger partial charge in [0.1, 0.15) is 0 Å². The van der Waals surface area contributed by atoms with Crippen molar-refractivity contribution in [1.82, 2.24) is 0 Å². The van der Waals surface area contributed by atoms with Gasteiger partial charge in [0.2, 0.25) is 0 Å². The molecule has 6 N–H and O–H groups in total. The largest absolute Gasteiger partial charge is 0.481 e. The van der Waals surface area contributed by atoms with Crippen LogP contribution < -0.4 is 0 Å². The summed E-state index contributed by atoms with van der Waals surface area (Å²) in [4.78, 5) is 103. The number of fused-ring (bicyclic) bond motifs is 8. The molecule has 0 saturated heterocycles. The minimum absolute atomic E-state index is 0.0640. The third kappa shape index (κ3) is 9.92. The quantitative estimate of drug-likeness (QED) is 0.0392. The summed E-state index contributed by atoms with van der Waals surface area (Å²) >= 11 is 0. The van der Waals surface area contributed by atoms with Crippen LogP contribution in [0.4, 0.5) is 0 Å². The number of carboxylic acids is 6. The first-order chi connectivity index (χ1) is 33.4. The first-order valence-electron chi connectivity index (χ1n) is 26.3. The molecule has 8 bridgehead atoms. The molecule has 8 fully saturated rings. The van der Waals surface area contributed by atoms with Gasteiger partial charge in [0.25, 0.3) is 0 Å². The standard InChI is InChI=1S/C48H78O19Si6/c1-68(2,29-17-21-13-25(29)37(43(53)54)33(21)41(49)50)64-72(9,10)66-70(5,6)31-19-23-15-27(31)39(45(57)58)35(23)47(61)63-48(62)36-24-16-28(40(36)46(59)60)32(20-24)71(7,8)67-73(11,12)65-69(3,4)30-18-22-14-26(30)38(44(55)56)34(22)42(51)52/h21-40H,13-20H2,1-12H3,(H,49,50)(H,51,52)(H,53,54)(H,55,56)(H,57,58)(H,59,60)/t21?,22?,23-,24-,25?,26?,27+,28+,29?,30?,31?,32?,33?,34?,35?,36?,37?,38?,39-,40-/m1/s1. The number of carboxylic acid groups (broad SMARTS) is 6. The molecule has 25 heteroatoms. The molecular weight excluding hydrogens is 1050 g/mol. The Labute approximate surface area is 433 Å². The molecule has 0 amide bonds. The molecule has 8 aliphatic carbocycles. The predicted octanol–water partition coefficient (Wildman–Crippen LogP) is 7.42. The van der Waals surface area contributed by atoms with E-state index in [0.717, 1.165) is 0 Å². The lowest BCUT2D eigenvalue weighted by Gasteiger charge is -2.47. The first kappa shape index (κ1) is 56.3. The number of hydrogen-bond acceptors (Lipinski definition) is 13. The van der Waals surface area contributed by atoms with Gasteiger partial charge in [-0.25, -0.2) is 0 Å². The van der Waals surface area contributed by atoms with Crippen LogP contribution in [-0.2, 0) is 59.6 Å². The van der Waals surface area contributed by atoms with Gasteiger partial charge in [-0.1, -0.05) is 0 Å². The zero-order chi connectivity index (χ0) is 54.4. The van der Waals surface area contributed by atoms with E-state index in [1.165, 1.54) is 0 Å². The fourth-order valence-corrected chi connectivity index (χ4v) is 51.2. The van der Waals surface area contributed by atoms with Gasteiger partial charge in [-0.05, 0) is 199 Å². The van der Waals surface area contributed by atoms with E-state index in [1.807, 2.05) is 78.6 Å². The summed E-state index contributed by atoms with van der Waals surface area (Å²) in [6.45, 7) is 24.1. The highest BCUT2D eigenvalue weighted by molar-refractivity contribution is 6.89. The van der Waals surface area contributed by atoms with Gasteiger partial charge >= 0.3 is 64.9 Å². The number of carbonyl (C=O) groups excluding carboxylic acids is 2. The fraction of sp³-hybridized carbons (Fsp3) is 0.833. The summed E-state index contributed by atoms with van der Waals surface area (Å²) in [5, 5.41) is 61.3. The Morgan fingerprint density at radius 2 is 0.493 bits per heavy atom. The van der Waals surface area contributed by atoms with Crippen LogP contribution in [0.5, 0.6) is 0 Å². The molecular formula is C48H78O19Si6. The molecule has 0 aromatic heterocycles. The highest BCUT2D eigenvalue weighted by atomic mass is 28.5. The van der Waals surface area contributed by atoms with E-state index in [9.17, 15) is 69.0 Å². The molecule has 20 atom stereocenters. The van der Waals surface area contributed by atoms with Crippen LogP contribution in [0.25, 0.3) is 0 Å². The molecule has 19 nitrogen and oxygen atoms in total. The van der Waals surface area contributed by atoms with Crippen LogP contribution in [0.1, 0.15) is 51.4 Å². The van der Waals surface area contributed by atoms with Gasteiger partial charge < -0.3 is 51.8 Å². The maximum Gasteiger partial charge on any atom is 0.317 e. The Kier molecular flexibility index (Phi) is 14.6. The van der Waals surface area contributed by atoms with Gasteiger partial charge in [-0.15, -0.1) is 0 Å². The average molecular weight is 1130 g/mol. The lowest BCUT2D eigenvalue weighted by atomic mass is 9.78. The van der Waals surface area contributed by atoms with Crippen LogP contribution in [0.3, 0.4) is 0 Å². The maximum atomic E-state index is 14.1. The van der Waals surface area contributed by atoms with Crippen molar-refractivity contribution >= 4 is 98.1 Å². The van der Waals surface area contributed by atoms with E-state index < -0.39 is 169 Å². The van der Waals surface area contributed by atoms with Gasteiger partial charge in [0, 0.05) is 0 Å². The second-order valence-electron chi connectivity index (χ2n) is 26.6. The van der Waals surface area contributed by atoms with Crippen LogP contribution in [-0.4, -0.2) is 129 Å². The molecule has 0 aliphatic heterocycles. The van der Waals surface area contributed by atoms with Gasteiger partial charge in [0.15, 0.2) is 33.3 Å². The lowest BCUT2D eigenvalue weighted by Crippen LogP contribution is -2.57. The van der Waals surface area contributed by atoms with Crippen molar-refractivity contribution in [3.8, 4) is 0 Å². The number of hydrogen-bond donors (Lipinski definition) is 6. The van der Waals surface area contributed by atoms with Crippen LogP contribution in [0.2, 0.25) is 101 Å². The zero-order valence-corrected chi connectivity index (χ0v) is 50.2. The summed E-state index contributed by atoms with van der Waals surface area (Å²) in [7, 11) is -16.9.